The van der Waals surface area contributed by atoms with Crippen LogP contribution in [0.15, 0.2) is 18.2 Å². The second kappa shape index (κ2) is 3.65. The van der Waals surface area contributed by atoms with Gasteiger partial charge in [-0.2, -0.15) is 0 Å². The molecule has 12 heavy (non-hydrogen) atoms. The van der Waals surface area contributed by atoms with Crippen molar-refractivity contribution in [3.63, 3.8) is 0 Å². The zero-order valence-corrected chi connectivity index (χ0v) is 7.05. The molecule has 1 atom stereocenters. The Morgan fingerprint density at radius 1 is 1.50 bits per heavy atom. The van der Waals surface area contributed by atoms with Gasteiger partial charge in [0.1, 0.15) is 5.82 Å². The van der Waals surface area contributed by atoms with E-state index >= 15 is 0 Å². The zero-order chi connectivity index (χ0) is 9.14. The van der Waals surface area contributed by atoms with Crippen LogP contribution < -0.4 is 11.5 Å². The highest BCUT2D eigenvalue weighted by Crippen LogP contribution is 2.16. The zero-order valence-electron chi connectivity index (χ0n) is 7.05. The van der Waals surface area contributed by atoms with Crippen molar-refractivity contribution in [1.29, 1.82) is 0 Å². The van der Waals surface area contributed by atoms with Crippen LogP contribution in [0.2, 0.25) is 0 Å². The quantitative estimate of drug-likeness (QED) is 0.694. The van der Waals surface area contributed by atoms with E-state index in [9.17, 15) is 4.39 Å². The summed E-state index contributed by atoms with van der Waals surface area (Å²) in [6.07, 6.45) is 0. The van der Waals surface area contributed by atoms with E-state index in [0.717, 1.165) is 5.56 Å². The van der Waals surface area contributed by atoms with E-state index in [-0.39, 0.29) is 11.9 Å². The van der Waals surface area contributed by atoms with Crippen LogP contribution in [0, 0.1) is 12.7 Å². The summed E-state index contributed by atoms with van der Waals surface area (Å²) in [6, 6.07) is 4.60. The Labute approximate surface area is 71.4 Å². The van der Waals surface area contributed by atoms with Gasteiger partial charge in [0.15, 0.2) is 0 Å². The maximum Gasteiger partial charge on any atom is 0.126 e. The predicted molar refractivity (Wildman–Crippen MR) is 47.1 cm³/mol. The van der Waals surface area contributed by atoms with Gasteiger partial charge in [0, 0.05) is 12.6 Å². The first-order valence-corrected chi connectivity index (χ1v) is 3.87. The molecular weight excluding hydrogens is 155 g/mol. The molecule has 0 aliphatic rings. The maximum atomic E-state index is 13.0. The minimum absolute atomic E-state index is 0.226. The van der Waals surface area contributed by atoms with Crippen LogP contribution in [0.3, 0.4) is 0 Å². The molecule has 0 saturated heterocycles. The fourth-order valence-electron chi connectivity index (χ4n) is 1.15. The molecule has 0 bridgehead atoms. The monoisotopic (exact) mass is 168 g/mol. The molecule has 1 aromatic rings. The molecule has 0 fully saturated rings. The molecule has 3 heteroatoms. The SMILES string of the molecule is Cc1c(F)cccc1[C@@H](N)CN. The van der Waals surface area contributed by atoms with Gasteiger partial charge in [0.25, 0.3) is 0 Å². The standard InChI is InChI=1S/C9H13FN2/c1-6-7(9(12)5-11)3-2-4-8(6)10/h2-4,9H,5,11-12H2,1H3/t9-/m0/s1. The molecule has 1 aromatic carbocycles. The molecule has 2 nitrogen and oxygen atoms in total. The largest absolute Gasteiger partial charge is 0.329 e. The molecule has 1 rings (SSSR count). The van der Waals surface area contributed by atoms with Crippen LogP contribution in [0.5, 0.6) is 0 Å². The van der Waals surface area contributed by atoms with Crippen LogP contribution >= 0.6 is 0 Å². The van der Waals surface area contributed by atoms with Crippen molar-refractivity contribution in [3.05, 3.63) is 35.1 Å². The molecule has 0 spiro atoms. The number of hydrogen-bond acceptors (Lipinski definition) is 2. The highest BCUT2D eigenvalue weighted by atomic mass is 19.1. The third kappa shape index (κ3) is 1.62. The van der Waals surface area contributed by atoms with Crippen LogP contribution in [-0.4, -0.2) is 6.54 Å². The summed E-state index contributed by atoms with van der Waals surface area (Å²) in [5.41, 5.74) is 12.4. The van der Waals surface area contributed by atoms with Crippen molar-refractivity contribution in [2.24, 2.45) is 11.5 Å². The van der Waals surface area contributed by atoms with Gasteiger partial charge in [-0.15, -0.1) is 0 Å². The topological polar surface area (TPSA) is 52.0 Å². The van der Waals surface area contributed by atoms with Crippen molar-refractivity contribution in [1.82, 2.24) is 0 Å². The second-order valence-corrected chi connectivity index (χ2v) is 2.80. The first-order chi connectivity index (χ1) is 5.66. The number of benzene rings is 1. The fourth-order valence-corrected chi connectivity index (χ4v) is 1.15. The number of hydrogen-bond donors (Lipinski definition) is 2. The van der Waals surface area contributed by atoms with Crippen LogP contribution in [0.4, 0.5) is 4.39 Å². The summed E-state index contributed by atoms with van der Waals surface area (Å²) in [5, 5.41) is 0. The smallest absolute Gasteiger partial charge is 0.126 e. The first-order valence-electron chi connectivity index (χ1n) is 3.87. The Kier molecular flexibility index (Phi) is 2.78. The Morgan fingerprint density at radius 3 is 2.75 bits per heavy atom. The molecule has 0 saturated carbocycles. The highest BCUT2D eigenvalue weighted by molar-refractivity contribution is 5.29. The summed E-state index contributed by atoms with van der Waals surface area (Å²) >= 11 is 0. The summed E-state index contributed by atoms with van der Waals surface area (Å²) < 4.78 is 13.0. The van der Waals surface area contributed by atoms with E-state index < -0.39 is 0 Å². The number of halogens is 1. The Balaban J connectivity index is 3.07. The molecule has 0 aliphatic heterocycles. The van der Waals surface area contributed by atoms with E-state index in [4.69, 9.17) is 11.5 Å². The molecular formula is C9H13FN2. The van der Waals surface area contributed by atoms with Crippen molar-refractivity contribution in [2.75, 3.05) is 6.54 Å². The summed E-state index contributed by atoms with van der Waals surface area (Å²) in [6.45, 7) is 2.05. The third-order valence-corrected chi connectivity index (χ3v) is 1.96. The van der Waals surface area contributed by atoms with Gasteiger partial charge in [-0.25, -0.2) is 4.39 Å². The lowest BCUT2D eigenvalue weighted by Crippen LogP contribution is -2.21. The highest BCUT2D eigenvalue weighted by Gasteiger charge is 2.08. The van der Waals surface area contributed by atoms with Crippen molar-refractivity contribution >= 4 is 0 Å². The lowest BCUT2D eigenvalue weighted by Gasteiger charge is -2.12. The van der Waals surface area contributed by atoms with Gasteiger partial charge in [-0.3, -0.25) is 0 Å². The summed E-state index contributed by atoms with van der Waals surface area (Å²) in [7, 11) is 0. The van der Waals surface area contributed by atoms with Gasteiger partial charge in [0.2, 0.25) is 0 Å². The van der Waals surface area contributed by atoms with Crippen LogP contribution in [0.25, 0.3) is 0 Å². The molecule has 0 amide bonds. The average molecular weight is 168 g/mol. The van der Waals surface area contributed by atoms with Crippen molar-refractivity contribution in [2.45, 2.75) is 13.0 Å². The predicted octanol–water partition coefficient (Wildman–Crippen LogP) is 1.09. The molecule has 4 N–H and O–H groups in total. The van der Waals surface area contributed by atoms with Gasteiger partial charge in [0.05, 0.1) is 0 Å². The van der Waals surface area contributed by atoms with Gasteiger partial charge < -0.3 is 11.5 Å². The van der Waals surface area contributed by atoms with Gasteiger partial charge >= 0.3 is 0 Å². The molecule has 0 aromatic heterocycles. The number of nitrogens with two attached hydrogens (primary N) is 2. The van der Waals surface area contributed by atoms with E-state index in [1.807, 2.05) is 0 Å². The second-order valence-electron chi connectivity index (χ2n) is 2.80. The Hall–Kier alpha value is -0.930. The van der Waals surface area contributed by atoms with Crippen LogP contribution in [-0.2, 0) is 0 Å². The minimum Gasteiger partial charge on any atom is -0.329 e. The van der Waals surface area contributed by atoms with E-state index in [0.29, 0.717) is 12.1 Å². The lowest BCUT2D eigenvalue weighted by atomic mass is 10.0. The van der Waals surface area contributed by atoms with Crippen molar-refractivity contribution < 1.29 is 4.39 Å². The first kappa shape index (κ1) is 9.16. The minimum atomic E-state index is -0.263. The van der Waals surface area contributed by atoms with Crippen LogP contribution in [0.1, 0.15) is 17.2 Å². The average Bonchev–Trinajstić information content (AvgIpc) is 2.08. The fraction of sp³-hybridized carbons (Fsp3) is 0.333. The Morgan fingerprint density at radius 2 is 2.17 bits per heavy atom. The summed E-state index contributed by atoms with van der Waals surface area (Å²) in [5.74, 6) is -0.226. The molecule has 0 aliphatic carbocycles. The summed E-state index contributed by atoms with van der Waals surface area (Å²) in [4.78, 5) is 0. The van der Waals surface area contributed by atoms with Gasteiger partial charge in [-0.05, 0) is 24.1 Å². The van der Waals surface area contributed by atoms with Gasteiger partial charge in [-0.1, -0.05) is 12.1 Å². The normalized spacial score (nSPS) is 13.0. The van der Waals surface area contributed by atoms with E-state index in [1.165, 1.54) is 6.07 Å². The van der Waals surface area contributed by atoms with E-state index in [2.05, 4.69) is 0 Å². The molecule has 0 heterocycles. The molecule has 66 valence electrons. The molecule has 0 radical (unpaired) electrons. The molecule has 0 unspecified atom stereocenters. The third-order valence-electron chi connectivity index (χ3n) is 1.96. The lowest BCUT2D eigenvalue weighted by molar-refractivity contribution is 0.608. The maximum absolute atomic E-state index is 13.0. The number of rotatable bonds is 2. The Bertz CT molecular complexity index is 273. The van der Waals surface area contributed by atoms with E-state index in [1.54, 1.807) is 19.1 Å². The van der Waals surface area contributed by atoms with Crippen molar-refractivity contribution in [3.8, 4) is 0 Å².